The summed E-state index contributed by atoms with van der Waals surface area (Å²) in [5.74, 6) is 0.543. The van der Waals surface area contributed by atoms with E-state index in [2.05, 4.69) is 32.2 Å². The van der Waals surface area contributed by atoms with E-state index in [1.54, 1.807) is 0 Å². The lowest BCUT2D eigenvalue weighted by Gasteiger charge is -2.17. The van der Waals surface area contributed by atoms with Crippen LogP contribution in [0.15, 0.2) is 35.1 Å². The van der Waals surface area contributed by atoms with Gasteiger partial charge in [0.1, 0.15) is 0 Å². The minimum Gasteiger partial charge on any atom is -0.388 e. The van der Waals surface area contributed by atoms with Crippen molar-refractivity contribution in [2.45, 2.75) is 27.2 Å². The summed E-state index contributed by atoms with van der Waals surface area (Å²) in [6.07, 6.45) is 6.97. The molecule has 0 fully saturated rings. The lowest BCUT2D eigenvalue weighted by molar-refractivity contribution is 0.653. The maximum Gasteiger partial charge on any atom is 0.0613 e. The van der Waals surface area contributed by atoms with E-state index < -0.39 is 0 Å². The SMILES string of the molecule is CCC(C)/C(C)=C1\C=C(NC)C=CC1=N. The summed E-state index contributed by atoms with van der Waals surface area (Å²) in [5.41, 5.74) is 4.06. The Morgan fingerprint density at radius 1 is 1.47 bits per heavy atom. The highest BCUT2D eigenvalue weighted by Crippen LogP contribution is 2.22. The van der Waals surface area contributed by atoms with Crippen LogP contribution in [0, 0.1) is 11.3 Å². The van der Waals surface area contributed by atoms with E-state index in [9.17, 15) is 0 Å². The number of hydrogen-bond donors (Lipinski definition) is 2. The van der Waals surface area contributed by atoms with Crippen LogP contribution < -0.4 is 5.32 Å². The molecule has 0 aromatic rings. The predicted molar refractivity (Wildman–Crippen MR) is 66.2 cm³/mol. The molecule has 2 nitrogen and oxygen atoms in total. The summed E-state index contributed by atoms with van der Waals surface area (Å²) in [6.45, 7) is 6.52. The van der Waals surface area contributed by atoms with E-state index >= 15 is 0 Å². The molecule has 0 heterocycles. The van der Waals surface area contributed by atoms with Crippen molar-refractivity contribution in [2.24, 2.45) is 5.92 Å². The third-order valence-electron chi connectivity index (χ3n) is 3.08. The molecule has 1 rings (SSSR count). The number of nitrogens with one attached hydrogen (secondary N) is 2. The van der Waals surface area contributed by atoms with Crippen molar-refractivity contribution >= 4 is 5.71 Å². The Hall–Kier alpha value is -1.31. The van der Waals surface area contributed by atoms with Crippen LogP contribution in [0.5, 0.6) is 0 Å². The zero-order chi connectivity index (χ0) is 11.4. The average molecular weight is 204 g/mol. The standard InChI is InChI=1S/C13H20N2/c1-5-9(2)10(3)12-8-11(15-4)6-7-13(12)14/h6-9,14-15H,5H2,1-4H3/b12-10+,14-13?. The Morgan fingerprint density at radius 3 is 2.67 bits per heavy atom. The van der Waals surface area contributed by atoms with E-state index in [1.165, 1.54) is 5.57 Å². The molecular weight excluding hydrogens is 184 g/mol. The Bertz CT molecular complexity index is 346. The van der Waals surface area contributed by atoms with Crippen LogP contribution in [-0.2, 0) is 0 Å². The summed E-state index contributed by atoms with van der Waals surface area (Å²) in [6, 6.07) is 0. The third kappa shape index (κ3) is 2.58. The lowest BCUT2D eigenvalue weighted by Crippen LogP contribution is -2.12. The van der Waals surface area contributed by atoms with Gasteiger partial charge in [-0.3, -0.25) is 0 Å². The Morgan fingerprint density at radius 2 is 2.13 bits per heavy atom. The average Bonchev–Trinajstić information content (AvgIpc) is 2.27. The van der Waals surface area contributed by atoms with Crippen molar-refractivity contribution in [1.82, 2.24) is 5.32 Å². The first-order valence-electron chi connectivity index (χ1n) is 5.47. The van der Waals surface area contributed by atoms with Crippen molar-refractivity contribution in [3.8, 4) is 0 Å². The van der Waals surface area contributed by atoms with Crippen molar-refractivity contribution in [3.63, 3.8) is 0 Å². The van der Waals surface area contributed by atoms with Crippen molar-refractivity contribution in [1.29, 1.82) is 5.41 Å². The maximum atomic E-state index is 7.89. The van der Waals surface area contributed by atoms with Gasteiger partial charge in [0.05, 0.1) is 5.71 Å². The summed E-state index contributed by atoms with van der Waals surface area (Å²) in [7, 11) is 1.90. The van der Waals surface area contributed by atoms with Gasteiger partial charge >= 0.3 is 0 Å². The molecule has 2 heteroatoms. The molecule has 0 bridgehead atoms. The normalized spacial score (nSPS) is 21.1. The molecule has 0 spiro atoms. The van der Waals surface area contributed by atoms with Gasteiger partial charge in [-0.25, -0.2) is 0 Å². The van der Waals surface area contributed by atoms with Crippen molar-refractivity contribution < 1.29 is 0 Å². The van der Waals surface area contributed by atoms with E-state index in [0.29, 0.717) is 11.6 Å². The molecule has 0 aromatic heterocycles. The van der Waals surface area contributed by atoms with Crippen LogP contribution >= 0.6 is 0 Å². The predicted octanol–water partition coefficient (Wildman–Crippen LogP) is 3.04. The van der Waals surface area contributed by atoms with Gasteiger partial charge in [0, 0.05) is 18.3 Å². The number of likely N-dealkylation sites (N-methyl/N-ethyl adjacent to an activating group) is 1. The summed E-state index contributed by atoms with van der Waals surface area (Å²) in [5, 5.41) is 11.0. The highest BCUT2D eigenvalue weighted by Gasteiger charge is 2.12. The molecule has 0 aliphatic heterocycles. The van der Waals surface area contributed by atoms with Gasteiger partial charge in [-0.05, 0) is 37.5 Å². The lowest BCUT2D eigenvalue weighted by atomic mass is 9.90. The fraction of sp³-hybridized carbons (Fsp3) is 0.462. The fourth-order valence-electron chi connectivity index (χ4n) is 1.60. The van der Waals surface area contributed by atoms with Crippen LogP contribution in [0.2, 0.25) is 0 Å². The highest BCUT2D eigenvalue weighted by molar-refractivity contribution is 6.10. The summed E-state index contributed by atoms with van der Waals surface area (Å²) in [4.78, 5) is 0. The zero-order valence-corrected chi connectivity index (χ0v) is 10.0. The van der Waals surface area contributed by atoms with E-state index in [-0.39, 0.29) is 0 Å². The van der Waals surface area contributed by atoms with E-state index in [0.717, 1.165) is 17.7 Å². The molecule has 0 radical (unpaired) electrons. The second-order valence-electron chi connectivity index (χ2n) is 4.00. The molecule has 1 aliphatic rings. The second kappa shape index (κ2) is 4.96. The van der Waals surface area contributed by atoms with Gasteiger partial charge in [-0.15, -0.1) is 0 Å². The molecule has 2 N–H and O–H groups in total. The van der Waals surface area contributed by atoms with Gasteiger partial charge < -0.3 is 10.7 Å². The molecular formula is C13H20N2. The molecule has 15 heavy (non-hydrogen) atoms. The highest BCUT2D eigenvalue weighted by atomic mass is 14.8. The first-order chi connectivity index (χ1) is 7.10. The molecule has 0 amide bonds. The van der Waals surface area contributed by atoms with Crippen LogP contribution in [0.4, 0.5) is 0 Å². The Labute approximate surface area is 92.3 Å². The monoisotopic (exact) mass is 204 g/mol. The molecule has 1 unspecified atom stereocenters. The minimum atomic E-state index is 0.543. The van der Waals surface area contributed by atoms with Gasteiger partial charge in [-0.2, -0.15) is 0 Å². The zero-order valence-electron chi connectivity index (χ0n) is 10.0. The summed E-state index contributed by atoms with van der Waals surface area (Å²) < 4.78 is 0. The molecule has 1 atom stereocenters. The molecule has 0 saturated carbocycles. The van der Waals surface area contributed by atoms with Crippen molar-refractivity contribution in [2.75, 3.05) is 7.05 Å². The number of rotatable bonds is 3. The van der Waals surface area contributed by atoms with Crippen molar-refractivity contribution in [3.05, 3.63) is 35.1 Å². The number of hydrogen-bond acceptors (Lipinski definition) is 2. The molecule has 0 saturated heterocycles. The Kier molecular flexibility index (Phi) is 3.89. The van der Waals surface area contributed by atoms with Crippen LogP contribution in [0.3, 0.4) is 0 Å². The third-order valence-corrected chi connectivity index (χ3v) is 3.08. The smallest absolute Gasteiger partial charge is 0.0613 e. The van der Waals surface area contributed by atoms with Gasteiger partial charge in [-0.1, -0.05) is 19.4 Å². The molecule has 82 valence electrons. The van der Waals surface area contributed by atoms with Gasteiger partial charge in [0.2, 0.25) is 0 Å². The topological polar surface area (TPSA) is 35.9 Å². The van der Waals surface area contributed by atoms with Crippen LogP contribution in [0.25, 0.3) is 0 Å². The molecule has 1 aliphatic carbocycles. The fourth-order valence-corrected chi connectivity index (χ4v) is 1.60. The number of allylic oxidation sites excluding steroid dienone is 5. The minimum absolute atomic E-state index is 0.543. The first kappa shape index (κ1) is 11.8. The quantitative estimate of drug-likeness (QED) is 0.728. The molecule has 0 aromatic carbocycles. The second-order valence-corrected chi connectivity index (χ2v) is 4.00. The largest absolute Gasteiger partial charge is 0.388 e. The van der Waals surface area contributed by atoms with Gasteiger partial charge in [0.15, 0.2) is 0 Å². The maximum absolute atomic E-state index is 7.89. The summed E-state index contributed by atoms with van der Waals surface area (Å²) >= 11 is 0. The van der Waals surface area contributed by atoms with E-state index in [1.807, 2.05) is 19.2 Å². The van der Waals surface area contributed by atoms with E-state index in [4.69, 9.17) is 5.41 Å². The van der Waals surface area contributed by atoms with Gasteiger partial charge in [0.25, 0.3) is 0 Å². The van der Waals surface area contributed by atoms with Crippen LogP contribution in [-0.4, -0.2) is 12.8 Å². The Balaban J connectivity index is 3.08. The first-order valence-corrected chi connectivity index (χ1v) is 5.47. The van der Waals surface area contributed by atoms with Crippen LogP contribution in [0.1, 0.15) is 27.2 Å².